The predicted molar refractivity (Wildman–Crippen MR) is 66.4 cm³/mol. The number of nitrogens with zero attached hydrogens (tertiary/aromatic N) is 1. The van der Waals surface area contributed by atoms with Crippen LogP contribution in [0.25, 0.3) is 0 Å². The zero-order valence-corrected chi connectivity index (χ0v) is 10.6. The van der Waals surface area contributed by atoms with E-state index in [-0.39, 0.29) is 5.41 Å². The van der Waals surface area contributed by atoms with Crippen LogP contribution in [0.5, 0.6) is 0 Å². The van der Waals surface area contributed by atoms with Crippen molar-refractivity contribution in [2.24, 2.45) is 0 Å². The van der Waals surface area contributed by atoms with Gasteiger partial charge in [0.25, 0.3) is 0 Å². The van der Waals surface area contributed by atoms with Gasteiger partial charge in [0.2, 0.25) is 0 Å². The summed E-state index contributed by atoms with van der Waals surface area (Å²) in [5, 5.41) is 12.9. The molecular weight excluding hydrogens is 200 g/mol. The van der Waals surface area contributed by atoms with Crippen molar-refractivity contribution in [1.29, 1.82) is 0 Å². The summed E-state index contributed by atoms with van der Waals surface area (Å²) < 4.78 is 0. The van der Waals surface area contributed by atoms with E-state index in [1.807, 2.05) is 24.4 Å². The third kappa shape index (κ3) is 4.29. The molecule has 2 N–H and O–H groups in total. The Labute approximate surface area is 97.9 Å². The summed E-state index contributed by atoms with van der Waals surface area (Å²) in [5.74, 6) is 0. The molecule has 1 rings (SSSR count). The van der Waals surface area contributed by atoms with Crippen LogP contribution in [-0.2, 0) is 5.41 Å². The maximum atomic E-state index is 9.61. The normalized spacial score (nSPS) is 12.8. The third-order valence-corrected chi connectivity index (χ3v) is 2.48. The first-order valence-corrected chi connectivity index (χ1v) is 5.66. The minimum Gasteiger partial charge on any atom is -0.389 e. The summed E-state index contributed by atoms with van der Waals surface area (Å²) in [5.41, 5.74) is 0.380. The van der Waals surface area contributed by atoms with Crippen LogP contribution in [0.3, 0.4) is 0 Å². The smallest absolute Gasteiger partial charge is 0.0715 e. The van der Waals surface area contributed by atoms with E-state index >= 15 is 0 Å². The SMILES string of the molecule is CC(C)(O)CNCC(C)(C)c1ccccn1. The number of aliphatic hydroxyl groups is 1. The lowest BCUT2D eigenvalue weighted by Crippen LogP contribution is -2.41. The summed E-state index contributed by atoms with van der Waals surface area (Å²) in [6.45, 7) is 9.28. The van der Waals surface area contributed by atoms with Crippen LogP contribution >= 0.6 is 0 Å². The molecule has 90 valence electrons. The molecule has 0 atom stereocenters. The lowest BCUT2D eigenvalue weighted by molar-refractivity contribution is 0.0785. The van der Waals surface area contributed by atoms with Gasteiger partial charge in [0.05, 0.1) is 5.60 Å². The number of rotatable bonds is 5. The van der Waals surface area contributed by atoms with Crippen LogP contribution in [0.1, 0.15) is 33.4 Å². The number of hydrogen-bond donors (Lipinski definition) is 2. The maximum Gasteiger partial charge on any atom is 0.0715 e. The summed E-state index contributed by atoms with van der Waals surface area (Å²) >= 11 is 0. The van der Waals surface area contributed by atoms with Crippen LogP contribution in [0, 0.1) is 0 Å². The quantitative estimate of drug-likeness (QED) is 0.797. The molecule has 0 saturated heterocycles. The van der Waals surface area contributed by atoms with Gasteiger partial charge < -0.3 is 10.4 Å². The fraction of sp³-hybridized carbons (Fsp3) is 0.615. The Balaban J connectivity index is 2.53. The average Bonchev–Trinajstić information content (AvgIpc) is 2.17. The van der Waals surface area contributed by atoms with Gasteiger partial charge in [-0.1, -0.05) is 19.9 Å². The summed E-state index contributed by atoms with van der Waals surface area (Å²) in [6.07, 6.45) is 1.81. The third-order valence-electron chi connectivity index (χ3n) is 2.48. The second-order valence-corrected chi connectivity index (χ2v) is 5.51. The van der Waals surface area contributed by atoms with E-state index in [0.29, 0.717) is 6.54 Å². The minimum atomic E-state index is -0.666. The van der Waals surface area contributed by atoms with E-state index in [1.165, 1.54) is 0 Å². The van der Waals surface area contributed by atoms with Gasteiger partial charge in [-0.05, 0) is 26.0 Å². The molecule has 0 amide bonds. The van der Waals surface area contributed by atoms with Crippen LogP contribution in [-0.4, -0.2) is 28.8 Å². The van der Waals surface area contributed by atoms with E-state index in [2.05, 4.69) is 24.1 Å². The Morgan fingerprint density at radius 3 is 2.38 bits per heavy atom. The molecule has 1 aromatic rings. The van der Waals surface area contributed by atoms with Crippen molar-refractivity contribution in [3.05, 3.63) is 30.1 Å². The Kier molecular flexibility index (Phi) is 4.05. The average molecular weight is 222 g/mol. The van der Waals surface area contributed by atoms with Crippen LogP contribution < -0.4 is 5.32 Å². The van der Waals surface area contributed by atoms with Gasteiger partial charge in [-0.25, -0.2) is 0 Å². The van der Waals surface area contributed by atoms with E-state index in [4.69, 9.17) is 0 Å². The molecule has 0 aromatic carbocycles. The van der Waals surface area contributed by atoms with E-state index in [9.17, 15) is 5.11 Å². The molecule has 3 heteroatoms. The molecule has 3 nitrogen and oxygen atoms in total. The summed E-state index contributed by atoms with van der Waals surface area (Å²) in [4.78, 5) is 4.36. The van der Waals surface area contributed by atoms with Crippen molar-refractivity contribution in [2.45, 2.75) is 38.7 Å². The fourth-order valence-corrected chi connectivity index (χ4v) is 1.53. The van der Waals surface area contributed by atoms with Crippen LogP contribution in [0.4, 0.5) is 0 Å². The number of aromatic nitrogens is 1. The second-order valence-electron chi connectivity index (χ2n) is 5.51. The van der Waals surface area contributed by atoms with Crippen molar-refractivity contribution in [1.82, 2.24) is 10.3 Å². The van der Waals surface area contributed by atoms with Gasteiger partial charge in [-0.3, -0.25) is 4.98 Å². The van der Waals surface area contributed by atoms with Crippen molar-refractivity contribution in [3.63, 3.8) is 0 Å². The monoisotopic (exact) mass is 222 g/mol. The van der Waals surface area contributed by atoms with Crippen molar-refractivity contribution in [3.8, 4) is 0 Å². The molecule has 0 saturated carbocycles. The first kappa shape index (κ1) is 13.1. The highest BCUT2D eigenvalue weighted by Crippen LogP contribution is 2.19. The molecule has 1 heterocycles. The standard InChI is InChI=1S/C13H22N2O/c1-12(2,9-14-10-13(3,4)16)11-7-5-6-8-15-11/h5-8,14,16H,9-10H2,1-4H3. The Bertz CT molecular complexity index is 314. The Morgan fingerprint density at radius 1 is 1.19 bits per heavy atom. The zero-order chi connectivity index (χ0) is 12.2. The summed E-state index contributed by atoms with van der Waals surface area (Å²) in [7, 11) is 0. The number of nitrogens with one attached hydrogen (secondary N) is 1. The number of pyridine rings is 1. The van der Waals surface area contributed by atoms with Crippen LogP contribution in [0.15, 0.2) is 24.4 Å². The second kappa shape index (κ2) is 4.93. The molecule has 16 heavy (non-hydrogen) atoms. The summed E-state index contributed by atoms with van der Waals surface area (Å²) in [6, 6.07) is 5.95. The lowest BCUT2D eigenvalue weighted by Gasteiger charge is -2.26. The molecular formula is C13H22N2O. The molecule has 0 bridgehead atoms. The van der Waals surface area contributed by atoms with Crippen molar-refractivity contribution >= 4 is 0 Å². The highest BCUT2D eigenvalue weighted by atomic mass is 16.3. The highest BCUT2D eigenvalue weighted by molar-refractivity contribution is 5.14. The van der Waals surface area contributed by atoms with Gasteiger partial charge in [0.1, 0.15) is 0 Å². The van der Waals surface area contributed by atoms with Gasteiger partial charge >= 0.3 is 0 Å². The minimum absolute atomic E-state index is 0.0213. The van der Waals surface area contributed by atoms with Gasteiger partial charge in [-0.2, -0.15) is 0 Å². The predicted octanol–water partition coefficient (Wildman–Crippen LogP) is 1.72. The molecule has 0 radical (unpaired) electrons. The van der Waals surface area contributed by atoms with Gasteiger partial charge in [0.15, 0.2) is 0 Å². The molecule has 0 aliphatic heterocycles. The first-order chi connectivity index (χ1) is 7.31. The van der Waals surface area contributed by atoms with Crippen molar-refractivity contribution in [2.75, 3.05) is 13.1 Å². The van der Waals surface area contributed by atoms with E-state index < -0.39 is 5.60 Å². The Morgan fingerprint density at radius 2 is 1.88 bits per heavy atom. The van der Waals surface area contributed by atoms with Gasteiger partial charge in [0, 0.05) is 30.4 Å². The largest absolute Gasteiger partial charge is 0.389 e. The van der Waals surface area contributed by atoms with E-state index in [0.717, 1.165) is 12.2 Å². The zero-order valence-electron chi connectivity index (χ0n) is 10.6. The highest BCUT2D eigenvalue weighted by Gasteiger charge is 2.22. The molecule has 0 aliphatic rings. The molecule has 0 fully saturated rings. The van der Waals surface area contributed by atoms with Gasteiger partial charge in [-0.15, -0.1) is 0 Å². The number of hydrogen-bond acceptors (Lipinski definition) is 3. The van der Waals surface area contributed by atoms with E-state index in [1.54, 1.807) is 13.8 Å². The maximum absolute atomic E-state index is 9.61. The molecule has 0 spiro atoms. The fourth-order valence-electron chi connectivity index (χ4n) is 1.53. The Hall–Kier alpha value is -0.930. The topological polar surface area (TPSA) is 45.1 Å². The lowest BCUT2D eigenvalue weighted by atomic mass is 9.88. The molecule has 0 aliphatic carbocycles. The van der Waals surface area contributed by atoms with Crippen LogP contribution in [0.2, 0.25) is 0 Å². The molecule has 0 unspecified atom stereocenters. The first-order valence-electron chi connectivity index (χ1n) is 5.66. The molecule has 1 aromatic heterocycles. The van der Waals surface area contributed by atoms with Crippen molar-refractivity contribution < 1.29 is 5.11 Å².